The molecule has 0 N–H and O–H groups in total. The minimum atomic E-state index is -0.0231. The molecule has 276 valence electrons. The van der Waals surface area contributed by atoms with Crippen LogP contribution in [0.5, 0.6) is 0 Å². The number of fused-ring (bicyclic) bond motifs is 19. The standard InChI is InChI=1S/C54H28BNO3S/c1-5-15-41-32(11-1)50-39(14-9-18-44(50)57-41)56-40-28-30(29-20-25-48-35(26-29)31-10-4-8-19-47(31)60-48)27-36-49-37(21-23-45-51(49)33-12-2-6-16-42(33)58-45)55(53(36)40)38-22-24-46-52(54(38)56)34-13-3-7-17-43(34)59-46/h1-28H. The highest BCUT2D eigenvalue weighted by atomic mass is 32.1. The van der Waals surface area contributed by atoms with Gasteiger partial charge in [0, 0.05) is 47.4 Å². The molecule has 0 saturated carbocycles. The molecule has 2 aliphatic rings. The summed E-state index contributed by atoms with van der Waals surface area (Å²) < 4.78 is 22.5. The van der Waals surface area contributed by atoms with Gasteiger partial charge in [0.25, 0.3) is 0 Å². The maximum Gasteiger partial charge on any atom is 0.248 e. The largest absolute Gasteiger partial charge is 0.456 e. The van der Waals surface area contributed by atoms with Gasteiger partial charge in [-0.2, -0.15) is 0 Å². The molecule has 0 radical (unpaired) electrons. The lowest BCUT2D eigenvalue weighted by molar-refractivity contribution is 0.668. The highest BCUT2D eigenvalue weighted by Gasteiger charge is 2.45. The van der Waals surface area contributed by atoms with Gasteiger partial charge in [-0.3, -0.25) is 0 Å². The monoisotopic (exact) mass is 781 g/mol. The number of para-hydroxylation sites is 3. The predicted molar refractivity (Wildman–Crippen MR) is 251 cm³/mol. The Morgan fingerprint density at radius 1 is 0.400 bits per heavy atom. The molecule has 4 nitrogen and oxygen atoms in total. The maximum atomic E-state index is 6.69. The van der Waals surface area contributed by atoms with Gasteiger partial charge in [0.1, 0.15) is 33.5 Å². The van der Waals surface area contributed by atoms with E-state index in [9.17, 15) is 0 Å². The second kappa shape index (κ2) is 11.1. The molecule has 4 aromatic heterocycles. The number of benzene rings is 9. The Labute approximate surface area is 346 Å². The Balaban J connectivity index is 1.14. The fourth-order valence-electron chi connectivity index (χ4n) is 10.8. The van der Waals surface area contributed by atoms with E-state index < -0.39 is 0 Å². The molecule has 15 rings (SSSR count). The zero-order valence-corrected chi connectivity index (χ0v) is 32.6. The summed E-state index contributed by atoms with van der Waals surface area (Å²) in [5.41, 5.74) is 17.3. The topological polar surface area (TPSA) is 42.7 Å². The molecule has 2 aliphatic heterocycles. The highest BCUT2D eigenvalue weighted by Crippen LogP contribution is 2.51. The van der Waals surface area contributed by atoms with Crippen molar-refractivity contribution in [1.82, 2.24) is 0 Å². The van der Waals surface area contributed by atoms with E-state index >= 15 is 0 Å². The summed E-state index contributed by atoms with van der Waals surface area (Å²) in [6.45, 7) is -0.0231. The summed E-state index contributed by atoms with van der Waals surface area (Å²) in [6.07, 6.45) is 0. The van der Waals surface area contributed by atoms with Gasteiger partial charge in [-0.05, 0) is 106 Å². The van der Waals surface area contributed by atoms with E-state index in [1.54, 1.807) is 0 Å². The second-order valence-electron chi connectivity index (χ2n) is 16.3. The Hall–Kier alpha value is -7.54. The van der Waals surface area contributed by atoms with Crippen LogP contribution >= 0.6 is 11.3 Å². The van der Waals surface area contributed by atoms with Gasteiger partial charge < -0.3 is 18.2 Å². The number of hydrogen-bond donors (Lipinski definition) is 0. The van der Waals surface area contributed by atoms with Crippen molar-refractivity contribution in [3.05, 3.63) is 170 Å². The number of nitrogens with zero attached hydrogens (tertiary/aromatic N) is 1. The van der Waals surface area contributed by atoms with Crippen molar-refractivity contribution in [3.63, 3.8) is 0 Å². The molecule has 0 unspecified atom stereocenters. The lowest BCUT2D eigenvalue weighted by Crippen LogP contribution is -2.54. The lowest BCUT2D eigenvalue weighted by Gasteiger charge is -2.37. The molecule has 0 saturated heterocycles. The fraction of sp³-hybridized carbons (Fsp3) is 0. The molecule has 0 fully saturated rings. The maximum absolute atomic E-state index is 6.69. The predicted octanol–water partition coefficient (Wildman–Crippen LogP) is 13.7. The molecule has 0 bridgehead atoms. The Morgan fingerprint density at radius 3 is 1.77 bits per heavy atom. The third kappa shape index (κ3) is 3.92. The minimum Gasteiger partial charge on any atom is -0.456 e. The quantitative estimate of drug-likeness (QED) is 0.164. The number of hydrogen-bond acceptors (Lipinski definition) is 5. The van der Waals surface area contributed by atoms with Crippen LogP contribution in [-0.4, -0.2) is 6.71 Å². The Kier molecular flexibility index (Phi) is 5.84. The number of thiophene rings is 1. The van der Waals surface area contributed by atoms with Crippen molar-refractivity contribution in [1.29, 1.82) is 0 Å². The van der Waals surface area contributed by atoms with Crippen molar-refractivity contribution >= 4 is 137 Å². The fourth-order valence-corrected chi connectivity index (χ4v) is 11.9. The summed E-state index contributed by atoms with van der Waals surface area (Å²) in [5.74, 6) is 0. The van der Waals surface area contributed by atoms with Gasteiger partial charge in [0.05, 0.1) is 22.1 Å². The van der Waals surface area contributed by atoms with Crippen LogP contribution in [-0.2, 0) is 0 Å². The average molecular weight is 782 g/mol. The highest BCUT2D eigenvalue weighted by molar-refractivity contribution is 7.25. The van der Waals surface area contributed by atoms with Gasteiger partial charge >= 0.3 is 0 Å². The van der Waals surface area contributed by atoms with Gasteiger partial charge in [0.15, 0.2) is 0 Å². The Bertz CT molecular complexity index is 4050. The minimum absolute atomic E-state index is 0.0231. The number of furan rings is 3. The third-order valence-electron chi connectivity index (χ3n) is 13.3. The molecule has 60 heavy (non-hydrogen) atoms. The van der Waals surface area contributed by atoms with Crippen LogP contribution in [0.15, 0.2) is 183 Å². The average Bonchev–Trinajstić information content (AvgIpc) is 4.11. The molecule has 13 aromatic rings. The summed E-state index contributed by atoms with van der Waals surface area (Å²) in [4.78, 5) is 2.54. The van der Waals surface area contributed by atoms with Crippen LogP contribution < -0.4 is 21.3 Å². The smallest absolute Gasteiger partial charge is 0.248 e. The van der Waals surface area contributed by atoms with E-state index in [4.69, 9.17) is 13.3 Å². The van der Waals surface area contributed by atoms with Crippen LogP contribution in [0, 0.1) is 0 Å². The molecular formula is C54H28BNO3S. The molecule has 0 spiro atoms. The van der Waals surface area contributed by atoms with Crippen LogP contribution in [0.1, 0.15) is 0 Å². The number of anilines is 3. The zero-order chi connectivity index (χ0) is 38.8. The van der Waals surface area contributed by atoms with E-state index in [0.29, 0.717) is 0 Å². The van der Waals surface area contributed by atoms with Crippen LogP contribution in [0.25, 0.3) is 108 Å². The van der Waals surface area contributed by atoms with E-state index in [1.165, 1.54) is 64.2 Å². The molecular weight excluding hydrogens is 753 g/mol. The molecule has 0 amide bonds. The summed E-state index contributed by atoms with van der Waals surface area (Å²) in [6, 6.07) is 61.5. The zero-order valence-electron chi connectivity index (χ0n) is 31.8. The van der Waals surface area contributed by atoms with Crippen molar-refractivity contribution in [2.45, 2.75) is 0 Å². The summed E-state index contributed by atoms with van der Waals surface area (Å²) in [5, 5.41) is 9.27. The van der Waals surface area contributed by atoms with Crippen LogP contribution in [0.2, 0.25) is 0 Å². The van der Waals surface area contributed by atoms with Crippen molar-refractivity contribution < 1.29 is 13.3 Å². The first-order valence-corrected chi connectivity index (χ1v) is 21.3. The molecule has 9 aromatic carbocycles. The first kappa shape index (κ1) is 31.5. The van der Waals surface area contributed by atoms with E-state index in [-0.39, 0.29) is 6.71 Å². The first-order valence-electron chi connectivity index (χ1n) is 20.4. The van der Waals surface area contributed by atoms with Crippen molar-refractivity contribution in [2.75, 3.05) is 4.90 Å². The molecule has 0 atom stereocenters. The SMILES string of the molecule is c1ccc2c(c1)oc1cccc(N3c4cc(-c5ccc6sc7ccccc7c6c5)cc5c4B(c4ccc6oc7ccccc7c6c4-5)c4ccc5oc6ccccc6c5c43)c12. The third-order valence-corrected chi connectivity index (χ3v) is 14.4. The Morgan fingerprint density at radius 2 is 1.00 bits per heavy atom. The molecule has 6 heteroatoms. The van der Waals surface area contributed by atoms with Gasteiger partial charge in [-0.15, -0.1) is 11.3 Å². The summed E-state index contributed by atoms with van der Waals surface area (Å²) >= 11 is 1.86. The van der Waals surface area contributed by atoms with E-state index in [2.05, 4.69) is 169 Å². The number of rotatable bonds is 2. The summed E-state index contributed by atoms with van der Waals surface area (Å²) in [7, 11) is 0. The van der Waals surface area contributed by atoms with Crippen LogP contribution in [0.4, 0.5) is 17.1 Å². The van der Waals surface area contributed by atoms with Crippen molar-refractivity contribution in [3.8, 4) is 22.3 Å². The van der Waals surface area contributed by atoms with Crippen molar-refractivity contribution in [2.24, 2.45) is 0 Å². The molecule has 0 aliphatic carbocycles. The normalized spacial score (nSPS) is 13.3. The lowest BCUT2D eigenvalue weighted by atomic mass is 9.37. The van der Waals surface area contributed by atoms with Gasteiger partial charge in [-0.25, -0.2) is 0 Å². The van der Waals surface area contributed by atoms with Crippen LogP contribution in [0.3, 0.4) is 0 Å². The van der Waals surface area contributed by atoms with Gasteiger partial charge in [-0.1, -0.05) is 103 Å². The van der Waals surface area contributed by atoms with E-state index in [0.717, 1.165) is 77.5 Å². The second-order valence-corrected chi connectivity index (χ2v) is 17.3. The van der Waals surface area contributed by atoms with Gasteiger partial charge in [0.2, 0.25) is 6.71 Å². The first-order chi connectivity index (χ1) is 29.7. The molecule has 6 heterocycles. The van der Waals surface area contributed by atoms with E-state index in [1.807, 2.05) is 17.4 Å².